The minimum Gasteiger partial charge on any atom is -0.310 e. The average Bonchev–Trinajstić information content (AvgIpc) is 3.22. The largest absolute Gasteiger partial charge is 0.310 e. The van der Waals surface area contributed by atoms with E-state index in [0.29, 0.717) is 15.6 Å². The number of nitriles is 1. The Morgan fingerprint density at radius 3 is 2.83 bits per heavy atom. The molecule has 4 nitrogen and oxygen atoms in total. The Labute approximate surface area is 142 Å². The zero-order valence-corrected chi connectivity index (χ0v) is 14.0. The number of benzene rings is 1. The van der Waals surface area contributed by atoms with E-state index in [4.69, 9.17) is 5.26 Å². The summed E-state index contributed by atoms with van der Waals surface area (Å²) in [6, 6.07) is 13.7. The van der Waals surface area contributed by atoms with Crippen molar-refractivity contribution in [2.75, 3.05) is 5.32 Å². The van der Waals surface area contributed by atoms with Crippen LogP contribution in [-0.4, -0.2) is 10.9 Å². The molecule has 0 bridgehead atoms. The van der Waals surface area contributed by atoms with Gasteiger partial charge in [0.15, 0.2) is 5.01 Å². The number of carbonyl (C=O) groups excluding carboxylic acids is 1. The minimum absolute atomic E-state index is 0.279. The van der Waals surface area contributed by atoms with E-state index in [9.17, 15) is 4.79 Å². The molecule has 114 valence electrons. The first-order chi connectivity index (χ1) is 11.2. The Morgan fingerprint density at radius 1 is 1.35 bits per heavy atom. The van der Waals surface area contributed by atoms with Crippen LogP contribution in [0.25, 0.3) is 11.3 Å². The molecule has 1 amide bonds. The van der Waals surface area contributed by atoms with Gasteiger partial charge in [-0.05, 0) is 12.5 Å². The molecule has 1 N–H and O–H groups in total. The lowest BCUT2D eigenvalue weighted by Gasteiger charge is -2.00. The zero-order valence-electron chi connectivity index (χ0n) is 12.4. The van der Waals surface area contributed by atoms with Crippen LogP contribution in [0.4, 0.5) is 5.00 Å². The summed E-state index contributed by atoms with van der Waals surface area (Å²) in [5, 5.41) is 14.8. The van der Waals surface area contributed by atoms with E-state index in [1.54, 1.807) is 0 Å². The molecule has 0 fully saturated rings. The molecule has 0 aliphatic heterocycles. The molecule has 6 heteroatoms. The average molecular weight is 339 g/mol. The Kier molecular flexibility index (Phi) is 4.51. The van der Waals surface area contributed by atoms with Gasteiger partial charge in [-0.1, -0.05) is 37.3 Å². The van der Waals surface area contributed by atoms with E-state index in [1.165, 1.54) is 22.7 Å². The number of rotatable bonds is 4. The van der Waals surface area contributed by atoms with Gasteiger partial charge in [0.05, 0.1) is 11.3 Å². The molecule has 2 heterocycles. The zero-order chi connectivity index (χ0) is 16.2. The molecule has 0 unspecified atom stereocenters. The van der Waals surface area contributed by atoms with Crippen molar-refractivity contribution in [2.45, 2.75) is 13.3 Å². The summed E-state index contributed by atoms with van der Waals surface area (Å²) in [6.45, 7) is 2.02. The molecule has 3 rings (SSSR count). The van der Waals surface area contributed by atoms with Crippen LogP contribution in [0.1, 0.15) is 27.2 Å². The predicted molar refractivity (Wildman–Crippen MR) is 93.9 cm³/mol. The molecular weight excluding hydrogens is 326 g/mol. The first-order valence-corrected chi connectivity index (χ1v) is 8.76. The molecule has 3 aromatic rings. The summed E-state index contributed by atoms with van der Waals surface area (Å²) in [5.74, 6) is -0.279. The molecule has 0 spiro atoms. The standard InChI is InChI=1S/C17H13N3OS2/c1-2-13-8-12(9-18)16(23-13)20-15(21)17-19-14(10-22-17)11-6-4-3-5-7-11/h3-8,10H,2H2,1H3,(H,20,21). The molecule has 1 aromatic carbocycles. The van der Waals surface area contributed by atoms with Crippen LogP contribution in [0.3, 0.4) is 0 Å². The maximum Gasteiger partial charge on any atom is 0.285 e. The summed E-state index contributed by atoms with van der Waals surface area (Å²) < 4.78 is 0. The van der Waals surface area contributed by atoms with E-state index >= 15 is 0 Å². The summed E-state index contributed by atoms with van der Waals surface area (Å²) in [7, 11) is 0. The molecule has 23 heavy (non-hydrogen) atoms. The van der Waals surface area contributed by atoms with E-state index in [2.05, 4.69) is 16.4 Å². The quantitative estimate of drug-likeness (QED) is 0.758. The molecule has 0 atom stereocenters. The molecule has 2 aromatic heterocycles. The third-order valence-corrected chi connectivity index (χ3v) is 5.28. The van der Waals surface area contributed by atoms with Gasteiger partial charge >= 0.3 is 0 Å². The fraction of sp³-hybridized carbons (Fsp3) is 0.118. The number of carbonyl (C=O) groups is 1. The molecular formula is C17H13N3OS2. The van der Waals surface area contributed by atoms with E-state index in [0.717, 1.165) is 22.6 Å². The number of thiazole rings is 1. The van der Waals surface area contributed by atoms with Crippen molar-refractivity contribution in [1.82, 2.24) is 4.98 Å². The fourth-order valence-electron chi connectivity index (χ4n) is 2.07. The highest BCUT2D eigenvalue weighted by Gasteiger charge is 2.16. The van der Waals surface area contributed by atoms with Crippen LogP contribution >= 0.6 is 22.7 Å². The third-order valence-electron chi connectivity index (χ3n) is 3.25. The van der Waals surface area contributed by atoms with Gasteiger partial charge in [-0.15, -0.1) is 22.7 Å². The van der Waals surface area contributed by atoms with Gasteiger partial charge in [0.2, 0.25) is 0 Å². The summed E-state index contributed by atoms with van der Waals surface area (Å²) >= 11 is 2.73. The van der Waals surface area contributed by atoms with Gasteiger partial charge in [0.1, 0.15) is 11.1 Å². The lowest BCUT2D eigenvalue weighted by atomic mass is 10.2. The number of hydrogen-bond donors (Lipinski definition) is 1. The number of anilines is 1. The SMILES string of the molecule is CCc1cc(C#N)c(NC(=O)c2nc(-c3ccccc3)cs2)s1. The summed E-state index contributed by atoms with van der Waals surface area (Å²) in [4.78, 5) is 17.8. The van der Waals surface area contributed by atoms with Crippen LogP contribution in [0.15, 0.2) is 41.8 Å². The van der Waals surface area contributed by atoms with Gasteiger partial charge in [-0.2, -0.15) is 5.26 Å². The van der Waals surface area contributed by atoms with Crippen molar-refractivity contribution in [1.29, 1.82) is 5.26 Å². The highest BCUT2D eigenvalue weighted by atomic mass is 32.1. The predicted octanol–water partition coefficient (Wildman–Crippen LogP) is 4.56. The van der Waals surface area contributed by atoms with Crippen LogP contribution in [-0.2, 0) is 6.42 Å². The minimum atomic E-state index is -0.279. The van der Waals surface area contributed by atoms with Crippen molar-refractivity contribution < 1.29 is 4.79 Å². The second kappa shape index (κ2) is 6.73. The summed E-state index contributed by atoms with van der Waals surface area (Å²) in [6.07, 6.45) is 0.838. The smallest absolute Gasteiger partial charge is 0.285 e. The van der Waals surface area contributed by atoms with Gasteiger partial charge in [0, 0.05) is 15.8 Å². The summed E-state index contributed by atoms with van der Waals surface area (Å²) in [5.41, 5.74) is 2.26. The Hall–Kier alpha value is -2.49. The second-order valence-corrected chi connectivity index (χ2v) is 6.77. The van der Waals surface area contributed by atoms with E-state index < -0.39 is 0 Å². The van der Waals surface area contributed by atoms with Crippen molar-refractivity contribution >= 4 is 33.6 Å². The number of nitrogens with one attached hydrogen (secondary N) is 1. The maximum absolute atomic E-state index is 12.4. The van der Waals surface area contributed by atoms with Gasteiger partial charge in [0.25, 0.3) is 5.91 Å². The van der Waals surface area contributed by atoms with Crippen LogP contribution in [0.5, 0.6) is 0 Å². The number of amides is 1. The number of aryl methyl sites for hydroxylation is 1. The number of hydrogen-bond acceptors (Lipinski definition) is 5. The van der Waals surface area contributed by atoms with E-state index in [-0.39, 0.29) is 5.91 Å². The molecule has 0 saturated carbocycles. The van der Waals surface area contributed by atoms with Crippen LogP contribution in [0.2, 0.25) is 0 Å². The lowest BCUT2D eigenvalue weighted by molar-refractivity contribution is 0.102. The Balaban J connectivity index is 1.81. The van der Waals surface area contributed by atoms with Gasteiger partial charge in [-0.25, -0.2) is 4.98 Å². The Bertz CT molecular complexity index is 875. The molecule has 0 aliphatic carbocycles. The Morgan fingerprint density at radius 2 is 2.13 bits per heavy atom. The number of aromatic nitrogens is 1. The highest BCUT2D eigenvalue weighted by Crippen LogP contribution is 2.29. The first-order valence-electron chi connectivity index (χ1n) is 7.06. The maximum atomic E-state index is 12.4. The van der Waals surface area contributed by atoms with Crippen molar-refractivity contribution in [3.8, 4) is 17.3 Å². The lowest BCUT2D eigenvalue weighted by Crippen LogP contribution is -2.11. The van der Waals surface area contributed by atoms with Crippen molar-refractivity contribution in [3.05, 3.63) is 57.2 Å². The highest BCUT2D eigenvalue weighted by molar-refractivity contribution is 7.16. The van der Waals surface area contributed by atoms with Crippen molar-refractivity contribution in [2.24, 2.45) is 0 Å². The number of thiophene rings is 1. The molecule has 0 radical (unpaired) electrons. The topological polar surface area (TPSA) is 65.8 Å². The van der Waals surface area contributed by atoms with Gasteiger partial charge < -0.3 is 5.32 Å². The monoisotopic (exact) mass is 339 g/mol. The number of nitrogens with zero attached hydrogens (tertiary/aromatic N) is 2. The van der Waals surface area contributed by atoms with Crippen LogP contribution < -0.4 is 5.32 Å². The second-order valence-electron chi connectivity index (χ2n) is 4.78. The van der Waals surface area contributed by atoms with E-state index in [1.807, 2.05) is 48.7 Å². The van der Waals surface area contributed by atoms with Gasteiger partial charge in [-0.3, -0.25) is 4.79 Å². The molecule has 0 aliphatic rings. The van der Waals surface area contributed by atoms with Crippen LogP contribution in [0, 0.1) is 11.3 Å². The van der Waals surface area contributed by atoms with Crippen molar-refractivity contribution in [3.63, 3.8) is 0 Å². The fourth-order valence-corrected chi connectivity index (χ4v) is 3.73. The third kappa shape index (κ3) is 3.31. The normalized spacial score (nSPS) is 10.3. The molecule has 0 saturated heterocycles. The first kappa shape index (κ1) is 15.4.